The summed E-state index contributed by atoms with van der Waals surface area (Å²) in [5.74, 6) is 1.20. The smallest absolute Gasteiger partial charge is 0.326 e. The van der Waals surface area contributed by atoms with Crippen molar-refractivity contribution in [3.8, 4) is 0 Å². The highest BCUT2D eigenvalue weighted by Gasteiger charge is 2.72. The van der Waals surface area contributed by atoms with Gasteiger partial charge in [-0.25, -0.2) is 4.79 Å². The molecule has 5 aliphatic carbocycles. The Kier molecular flexibility index (Phi) is 9.34. The van der Waals surface area contributed by atoms with Crippen molar-refractivity contribution in [3.63, 3.8) is 0 Å². The summed E-state index contributed by atoms with van der Waals surface area (Å²) in [7, 11) is 0. The predicted molar refractivity (Wildman–Crippen MR) is 186 cm³/mol. The molecule has 0 aromatic rings. The molecule has 266 valence electrons. The second-order valence-electron chi connectivity index (χ2n) is 18.9. The zero-order valence-corrected chi connectivity index (χ0v) is 30.7. The van der Waals surface area contributed by atoms with E-state index in [9.17, 15) is 19.8 Å². The Hall–Kier alpha value is -1.44. The Bertz CT molecular complexity index is 1230. The average Bonchev–Trinajstić information content (AvgIpc) is 3.41. The van der Waals surface area contributed by atoms with Gasteiger partial charge in [-0.15, -0.1) is 0 Å². The van der Waals surface area contributed by atoms with Gasteiger partial charge in [0, 0.05) is 19.6 Å². The average molecular weight is 655 g/mol. The van der Waals surface area contributed by atoms with Crippen molar-refractivity contribution < 1.29 is 24.5 Å². The van der Waals surface area contributed by atoms with Crippen LogP contribution in [-0.4, -0.2) is 72.0 Å². The molecule has 6 rings (SSSR count). The molecule has 0 aromatic heterocycles. The third-order valence-electron chi connectivity index (χ3n) is 16.2. The predicted octanol–water partition coefficient (Wildman–Crippen LogP) is 6.93. The van der Waals surface area contributed by atoms with Gasteiger partial charge in [0.15, 0.2) is 0 Å². The fourth-order valence-corrected chi connectivity index (χ4v) is 13.6. The second-order valence-corrected chi connectivity index (χ2v) is 18.9. The number of aliphatic hydroxyl groups excluding tert-OH is 1. The number of hydrogen-bond acceptors (Lipinski definition) is 5. The number of amides is 1. The number of rotatable bonds is 8. The molecular weight excluding hydrogens is 588 g/mol. The minimum Gasteiger partial charge on any atom is -0.480 e. The molecule has 0 bridgehead atoms. The first-order valence-electron chi connectivity index (χ1n) is 19.2. The molecule has 1 amide bonds. The largest absolute Gasteiger partial charge is 0.480 e. The maximum atomic E-state index is 14.7. The summed E-state index contributed by atoms with van der Waals surface area (Å²) in [5.41, 5.74) is 1.09. The van der Waals surface area contributed by atoms with E-state index in [-0.39, 0.29) is 51.4 Å². The molecule has 0 radical (unpaired) electrons. The number of carbonyl (C=O) groups is 2. The van der Waals surface area contributed by atoms with Crippen LogP contribution in [0.15, 0.2) is 12.2 Å². The molecule has 1 heterocycles. The number of fused-ring (bicyclic) bond motifs is 7. The molecule has 7 nitrogen and oxygen atoms in total. The molecule has 1 unspecified atom stereocenters. The zero-order chi connectivity index (χ0) is 34.2. The van der Waals surface area contributed by atoms with Crippen LogP contribution < -0.4 is 5.32 Å². The van der Waals surface area contributed by atoms with Crippen LogP contribution in [0.5, 0.6) is 0 Å². The van der Waals surface area contributed by atoms with Crippen molar-refractivity contribution in [1.82, 2.24) is 10.2 Å². The number of ether oxygens (including phenoxy) is 1. The van der Waals surface area contributed by atoms with Gasteiger partial charge in [-0.05, 0) is 128 Å². The normalized spacial score (nSPS) is 45.2. The van der Waals surface area contributed by atoms with Gasteiger partial charge < -0.3 is 20.3 Å². The summed E-state index contributed by atoms with van der Waals surface area (Å²) in [6.07, 6.45) is 10.5. The van der Waals surface area contributed by atoms with E-state index >= 15 is 0 Å². The van der Waals surface area contributed by atoms with Crippen molar-refractivity contribution in [2.75, 3.05) is 32.8 Å². The number of nitrogens with one attached hydrogen (secondary N) is 1. The monoisotopic (exact) mass is 654 g/mol. The topological polar surface area (TPSA) is 99.1 Å². The Morgan fingerprint density at radius 1 is 0.894 bits per heavy atom. The summed E-state index contributed by atoms with van der Waals surface area (Å²) < 4.78 is 5.65. The fraction of sp³-hybridized carbons (Fsp3) is 0.900. The lowest BCUT2D eigenvalue weighted by atomic mass is 9.32. The second kappa shape index (κ2) is 12.4. The summed E-state index contributed by atoms with van der Waals surface area (Å²) in [6.45, 7) is 25.4. The van der Waals surface area contributed by atoms with Gasteiger partial charge in [0.05, 0.1) is 24.7 Å². The molecule has 3 N–H and O–H groups in total. The molecule has 6 aliphatic rings. The van der Waals surface area contributed by atoms with E-state index in [1.54, 1.807) is 0 Å². The third-order valence-corrected chi connectivity index (χ3v) is 16.2. The number of nitrogens with zero attached hydrogens (tertiary/aromatic N) is 1. The molecule has 47 heavy (non-hydrogen) atoms. The number of carboxylic acids is 1. The van der Waals surface area contributed by atoms with Gasteiger partial charge in [0.2, 0.25) is 5.91 Å². The van der Waals surface area contributed by atoms with E-state index in [0.717, 1.165) is 84.2 Å². The molecule has 1 aliphatic heterocycles. The molecule has 0 spiro atoms. The summed E-state index contributed by atoms with van der Waals surface area (Å²) in [4.78, 5) is 29.5. The van der Waals surface area contributed by atoms with Crippen LogP contribution in [0.2, 0.25) is 0 Å². The lowest BCUT2D eigenvalue weighted by molar-refractivity contribution is -0.246. The first-order valence-corrected chi connectivity index (χ1v) is 19.2. The first kappa shape index (κ1) is 35.4. The number of carboxylic acid groups (broad SMARTS) is 1. The minimum atomic E-state index is -0.925. The van der Waals surface area contributed by atoms with Gasteiger partial charge in [-0.2, -0.15) is 0 Å². The number of aliphatic carboxylic acids is 1. The van der Waals surface area contributed by atoms with E-state index < -0.39 is 17.4 Å². The molecule has 1 saturated heterocycles. The van der Waals surface area contributed by atoms with Gasteiger partial charge >= 0.3 is 5.97 Å². The highest BCUT2D eigenvalue weighted by atomic mass is 16.5. The van der Waals surface area contributed by atoms with Crippen molar-refractivity contribution in [2.24, 2.45) is 62.6 Å². The minimum absolute atomic E-state index is 0.00904. The van der Waals surface area contributed by atoms with Gasteiger partial charge in [0.25, 0.3) is 0 Å². The van der Waals surface area contributed by atoms with Crippen molar-refractivity contribution >= 4 is 11.9 Å². The van der Waals surface area contributed by atoms with Gasteiger partial charge in [-0.1, -0.05) is 60.6 Å². The molecular formula is C40H66N2O5. The Morgan fingerprint density at radius 2 is 1.60 bits per heavy atom. The van der Waals surface area contributed by atoms with E-state index in [4.69, 9.17) is 11.3 Å². The van der Waals surface area contributed by atoms with Crippen LogP contribution in [0.4, 0.5) is 0 Å². The maximum absolute atomic E-state index is 14.7. The van der Waals surface area contributed by atoms with Crippen molar-refractivity contribution in [2.45, 2.75) is 131 Å². The summed E-state index contributed by atoms with van der Waals surface area (Å²) in [5, 5.41) is 24.4. The first-order chi connectivity index (χ1) is 22.0. The lowest BCUT2D eigenvalue weighted by Crippen LogP contribution is -2.67. The van der Waals surface area contributed by atoms with Crippen molar-refractivity contribution in [1.29, 1.82) is 0 Å². The quantitative estimate of drug-likeness (QED) is 0.246. The van der Waals surface area contributed by atoms with Gasteiger partial charge in [0.1, 0.15) is 6.04 Å². The van der Waals surface area contributed by atoms with Crippen LogP contribution >= 0.6 is 0 Å². The highest BCUT2D eigenvalue weighted by Crippen LogP contribution is 2.77. The standard InChI is InChI=1S/C40H66N2O5/c1-25(2)23-29(34(44)45)41-35(46)40-16-11-27(26(3)24-42-19-21-47-22-20-42)33(40)28-9-10-31-37(6)14-13-32(43)36(4,5)30(37)12-15-39(31,8)38(28,7)17-18-40/h25,27-33,43H,3,9-24H2,1-2,4-8H3,(H,41,46)(H,44,45)/t27-,28+,29-,30-,31?,32-,33+,37-,38+,39+,40-/m0/s1. The van der Waals surface area contributed by atoms with Crippen LogP contribution in [0.3, 0.4) is 0 Å². The Balaban J connectivity index is 1.35. The van der Waals surface area contributed by atoms with Gasteiger partial charge in [-0.3, -0.25) is 9.69 Å². The fourth-order valence-electron chi connectivity index (χ4n) is 13.6. The Morgan fingerprint density at radius 3 is 2.26 bits per heavy atom. The van der Waals surface area contributed by atoms with E-state index in [1.165, 1.54) is 18.4 Å². The highest BCUT2D eigenvalue weighted by molar-refractivity contribution is 5.88. The van der Waals surface area contributed by atoms with Crippen LogP contribution in [0.25, 0.3) is 0 Å². The molecule has 5 saturated carbocycles. The Labute approximate surface area is 285 Å². The van der Waals surface area contributed by atoms with Crippen LogP contribution in [0, 0.1) is 62.6 Å². The molecule has 0 aromatic carbocycles. The number of carbonyl (C=O) groups excluding carboxylic acids is 1. The third kappa shape index (κ3) is 5.46. The van der Waals surface area contributed by atoms with E-state index in [2.05, 4.69) is 44.8 Å². The van der Waals surface area contributed by atoms with Crippen LogP contribution in [-0.2, 0) is 14.3 Å². The zero-order valence-electron chi connectivity index (χ0n) is 30.7. The maximum Gasteiger partial charge on any atom is 0.326 e. The molecule has 6 fully saturated rings. The van der Waals surface area contributed by atoms with E-state index in [1.807, 2.05) is 13.8 Å². The summed E-state index contributed by atoms with van der Waals surface area (Å²) >= 11 is 0. The number of hydrogen-bond donors (Lipinski definition) is 3. The molecule has 11 atom stereocenters. The summed E-state index contributed by atoms with van der Waals surface area (Å²) in [6, 6.07) is -0.852. The van der Waals surface area contributed by atoms with E-state index in [0.29, 0.717) is 24.2 Å². The number of morpholine rings is 1. The van der Waals surface area contributed by atoms with Crippen LogP contribution in [0.1, 0.15) is 119 Å². The SMILES string of the molecule is C=C(CN1CCOCC1)[C@@H]1CC[C@]2(C(=O)N[C@@H](CC(C)C)C(=O)O)CC[C@]3(C)[C@H](CCC4[C@@]5(C)CC[C@H](O)C(C)(C)[C@@H]5CC[C@]43C)[C@@H]12. The molecule has 7 heteroatoms. The lowest BCUT2D eigenvalue weighted by Gasteiger charge is -2.72. The van der Waals surface area contributed by atoms with Crippen molar-refractivity contribution in [3.05, 3.63) is 12.2 Å². The number of aliphatic hydroxyl groups is 1.